The van der Waals surface area contributed by atoms with E-state index in [1.165, 1.54) is 12.1 Å². The summed E-state index contributed by atoms with van der Waals surface area (Å²) in [5.74, 6) is 0.370. The highest BCUT2D eigenvalue weighted by Crippen LogP contribution is 2.45. The van der Waals surface area contributed by atoms with E-state index in [4.69, 9.17) is 4.74 Å². The molecule has 1 aromatic carbocycles. The Kier molecular flexibility index (Phi) is 4.53. The largest absolute Gasteiger partial charge is 0.486 e. The van der Waals surface area contributed by atoms with Gasteiger partial charge >= 0.3 is 0 Å². The van der Waals surface area contributed by atoms with Crippen LogP contribution in [0.3, 0.4) is 0 Å². The number of fused-ring (bicyclic) bond motifs is 1. The third-order valence-electron chi connectivity index (χ3n) is 6.14. The van der Waals surface area contributed by atoms with Crippen LogP contribution in [-0.4, -0.2) is 53.7 Å². The summed E-state index contributed by atoms with van der Waals surface area (Å²) in [6.45, 7) is 6.45. The summed E-state index contributed by atoms with van der Waals surface area (Å²) in [5, 5.41) is 13.7. The van der Waals surface area contributed by atoms with Gasteiger partial charge in [0.2, 0.25) is 0 Å². The molecule has 2 fully saturated rings. The minimum atomic E-state index is -1.54. The van der Waals surface area contributed by atoms with Crippen molar-refractivity contribution in [1.82, 2.24) is 10.2 Å². The van der Waals surface area contributed by atoms with Gasteiger partial charge in [0.15, 0.2) is 5.67 Å². The normalized spacial score (nSPS) is 26.2. The number of ether oxygens (including phenoxy) is 1. The molecule has 1 spiro atoms. The Labute approximate surface area is 152 Å². The highest BCUT2D eigenvalue weighted by Gasteiger charge is 2.47. The number of aliphatic hydroxyl groups is 1. The smallest absolute Gasteiger partial charge is 0.152 e. The van der Waals surface area contributed by atoms with Gasteiger partial charge in [0.25, 0.3) is 0 Å². The van der Waals surface area contributed by atoms with Crippen LogP contribution in [0.15, 0.2) is 24.8 Å². The van der Waals surface area contributed by atoms with E-state index in [1.54, 1.807) is 6.07 Å². The molecule has 26 heavy (non-hydrogen) atoms. The number of hydrogen-bond donors (Lipinski definition) is 2. The summed E-state index contributed by atoms with van der Waals surface area (Å²) in [5.41, 5.74) is -0.331. The van der Waals surface area contributed by atoms with E-state index in [9.17, 15) is 9.50 Å². The van der Waals surface area contributed by atoms with Crippen LogP contribution in [0.1, 0.15) is 37.7 Å². The summed E-state index contributed by atoms with van der Waals surface area (Å²) >= 11 is 0. The molecular formula is C20H26F2N2O2. The average molecular weight is 364 g/mol. The third kappa shape index (κ3) is 3.15. The van der Waals surface area contributed by atoms with Crippen molar-refractivity contribution in [3.05, 3.63) is 36.2 Å². The zero-order chi connectivity index (χ0) is 18.4. The molecule has 1 aromatic rings. The molecule has 0 amide bonds. The van der Waals surface area contributed by atoms with Gasteiger partial charge < -0.3 is 15.2 Å². The Bertz CT molecular complexity index is 695. The topological polar surface area (TPSA) is 44.7 Å². The lowest BCUT2D eigenvalue weighted by molar-refractivity contribution is -0.141. The molecule has 2 N–H and O–H groups in total. The van der Waals surface area contributed by atoms with Crippen molar-refractivity contribution in [1.29, 1.82) is 0 Å². The molecule has 0 saturated carbocycles. The molecule has 6 heteroatoms. The van der Waals surface area contributed by atoms with Crippen LogP contribution in [0.25, 0.3) is 5.57 Å². The van der Waals surface area contributed by atoms with Crippen molar-refractivity contribution in [3.63, 3.8) is 0 Å². The standard InChI is InChI=1S/C20H26F2N2O2/c1-14-13-19(26-17-3-2-15(21)12-16(14)17)6-10-24(11-7-19)18(25)20(22)4-8-23-9-5-20/h2-3,12,18,23,25H,1,4-11,13H2. The van der Waals surface area contributed by atoms with Crippen LogP contribution in [0.5, 0.6) is 5.75 Å². The van der Waals surface area contributed by atoms with Crippen molar-refractivity contribution < 1.29 is 18.6 Å². The number of likely N-dealkylation sites (tertiary alicyclic amines) is 1. The number of nitrogens with zero attached hydrogens (tertiary/aromatic N) is 1. The van der Waals surface area contributed by atoms with Crippen LogP contribution in [0.2, 0.25) is 0 Å². The van der Waals surface area contributed by atoms with Gasteiger partial charge in [-0.3, -0.25) is 4.90 Å². The van der Waals surface area contributed by atoms with Gasteiger partial charge in [0.05, 0.1) is 0 Å². The Morgan fingerprint density at radius 1 is 1.19 bits per heavy atom. The second-order valence-corrected chi connectivity index (χ2v) is 7.90. The molecule has 3 aliphatic rings. The van der Waals surface area contributed by atoms with Crippen molar-refractivity contribution >= 4 is 5.57 Å². The molecule has 4 rings (SSSR count). The fourth-order valence-corrected chi connectivity index (χ4v) is 4.50. The summed E-state index contributed by atoms with van der Waals surface area (Å²) < 4.78 is 34.8. The number of rotatable bonds is 2. The van der Waals surface area contributed by atoms with E-state index in [2.05, 4.69) is 11.9 Å². The predicted molar refractivity (Wildman–Crippen MR) is 96.2 cm³/mol. The van der Waals surface area contributed by atoms with E-state index in [0.717, 1.165) is 11.1 Å². The van der Waals surface area contributed by atoms with Crippen molar-refractivity contribution in [2.24, 2.45) is 0 Å². The number of aliphatic hydroxyl groups excluding tert-OH is 1. The Morgan fingerprint density at radius 3 is 2.58 bits per heavy atom. The fraction of sp³-hybridized carbons (Fsp3) is 0.600. The first kappa shape index (κ1) is 17.9. The number of nitrogens with one attached hydrogen (secondary N) is 1. The minimum absolute atomic E-state index is 0.294. The second-order valence-electron chi connectivity index (χ2n) is 7.90. The SMILES string of the molecule is C=C1CC2(CCN(C(O)C3(F)CCNCC3)CC2)Oc2ccc(F)cc21. The van der Waals surface area contributed by atoms with Gasteiger partial charge in [-0.1, -0.05) is 6.58 Å². The van der Waals surface area contributed by atoms with E-state index in [0.29, 0.717) is 64.0 Å². The first-order chi connectivity index (χ1) is 12.4. The summed E-state index contributed by atoms with van der Waals surface area (Å²) in [4.78, 5) is 1.84. The van der Waals surface area contributed by atoms with E-state index >= 15 is 4.39 Å². The molecule has 0 bridgehead atoms. The molecule has 0 radical (unpaired) electrons. The van der Waals surface area contributed by atoms with Gasteiger partial charge in [-0.2, -0.15) is 0 Å². The van der Waals surface area contributed by atoms with E-state index in [1.807, 2.05) is 4.90 Å². The van der Waals surface area contributed by atoms with Gasteiger partial charge in [-0.25, -0.2) is 8.78 Å². The summed E-state index contributed by atoms with van der Waals surface area (Å²) in [7, 11) is 0. The molecule has 3 aliphatic heterocycles. The number of benzene rings is 1. The van der Waals surface area contributed by atoms with Gasteiger partial charge in [0.1, 0.15) is 23.4 Å². The minimum Gasteiger partial charge on any atom is -0.486 e. The second kappa shape index (κ2) is 6.59. The third-order valence-corrected chi connectivity index (χ3v) is 6.14. The Balaban J connectivity index is 1.45. The first-order valence-electron chi connectivity index (χ1n) is 9.39. The highest BCUT2D eigenvalue weighted by molar-refractivity contribution is 5.71. The quantitative estimate of drug-likeness (QED) is 0.847. The summed E-state index contributed by atoms with van der Waals surface area (Å²) in [6.07, 6.45) is 1.61. The van der Waals surface area contributed by atoms with Crippen LogP contribution in [0, 0.1) is 5.82 Å². The molecule has 4 nitrogen and oxygen atoms in total. The van der Waals surface area contributed by atoms with Gasteiger partial charge in [-0.15, -0.1) is 0 Å². The van der Waals surface area contributed by atoms with E-state index in [-0.39, 0.29) is 5.82 Å². The summed E-state index contributed by atoms with van der Waals surface area (Å²) in [6, 6.07) is 4.52. The predicted octanol–water partition coefficient (Wildman–Crippen LogP) is 2.87. The van der Waals surface area contributed by atoms with Crippen molar-refractivity contribution in [2.45, 2.75) is 49.6 Å². The lowest BCUT2D eigenvalue weighted by Gasteiger charge is -2.48. The number of hydrogen-bond acceptors (Lipinski definition) is 4. The van der Waals surface area contributed by atoms with Crippen molar-refractivity contribution in [2.75, 3.05) is 26.2 Å². The molecule has 2 saturated heterocycles. The fourth-order valence-electron chi connectivity index (χ4n) is 4.50. The number of piperidine rings is 2. The Morgan fingerprint density at radius 2 is 1.88 bits per heavy atom. The molecule has 1 atom stereocenters. The first-order valence-corrected chi connectivity index (χ1v) is 9.39. The van der Waals surface area contributed by atoms with Crippen LogP contribution in [0.4, 0.5) is 8.78 Å². The number of halogens is 2. The lowest BCUT2D eigenvalue weighted by atomic mass is 9.80. The maximum atomic E-state index is 15.1. The molecule has 0 aromatic heterocycles. The molecule has 0 aliphatic carbocycles. The average Bonchev–Trinajstić information content (AvgIpc) is 2.63. The maximum Gasteiger partial charge on any atom is 0.152 e. The van der Waals surface area contributed by atoms with E-state index < -0.39 is 17.5 Å². The molecule has 142 valence electrons. The zero-order valence-corrected chi connectivity index (χ0v) is 14.9. The maximum absolute atomic E-state index is 15.1. The van der Waals surface area contributed by atoms with Crippen LogP contribution in [-0.2, 0) is 0 Å². The highest BCUT2D eigenvalue weighted by atomic mass is 19.1. The van der Waals surface area contributed by atoms with Crippen LogP contribution >= 0.6 is 0 Å². The number of alkyl halides is 1. The lowest BCUT2D eigenvalue weighted by Crippen LogP contribution is -2.59. The monoisotopic (exact) mass is 364 g/mol. The van der Waals surface area contributed by atoms with Gasteiger partial charge in [0, 0.05) is 37.9 Å². The molecular weight excluding hydrogens is 338 g/mol. The van der Waals surface area contributed by atoms with Crippen molar-refractivity contribution in [3.8, 4) is 5.75 Å². The molecule has 1 unspecified atom stereocenters. The Hall–Kier alpha value is -1.50. The molecule has 3 heterocycles. The zero-order valence-electron chi connectivity index (χ0n) is 14.9. The van der Waals surface area contributed by atoms with Crippen LogP contribution < -0.4 is 10.1 Å². The van der Waals surface area contributed by atoms with Gasteiger partial charge in [-0.05, 0) is 49.7 Å².